The van der Waals surface area contributed by atoms with Crippen molar-refractivity contribution in [2.45, 2.75) is 11.7 Å². The summed E-state index contributed by atoms with van der Waals surface area (Å²) in [6.07, 6.45) is 0. The van der Waals surface area contributed by atoms with Crippen LogP contribution in [-0.2, 0) is 20.8 Å². The zero-order valence-electron chi connectivity index (χ0n) is 19.1. The third-order valence-corrected chi connectivity index (χ3v) is 6.35. The van der Waals surface area contributed by atoms with E-state index in [1.807, 2.05) is 41.0 Å². The minimum atomic E-state index is -0.347. The van der Waals surface area contributed by atoms with Crippen molar-refractivity contribution in [3.63, 3.8) is 0 Å². The summed E-state index contributed by atoms with van der Waals surface area (Å²) in [6, 6.07) is 16.2. The Morgan fingerprint density at radius 1 is 1.15 bits per heavy atom. The first-order valence-electron chi connectivity index (χ1n) is 11.1. The van der Waals surface area contributed by atoms with Crippen LogP contribution in [0.3, 0.4) is 0 Å². The lowest BCUT2D eigenvalue weighted by Gasteiger charge is -2.28. The van der Waals surface area contributed by atoms with E-state index in [-0.39, 0.29) is 17.5 Å². The Morgan fingerprint density at radius 3 is 2.68 bits per heavy atom. The number of morpholine rings is 1. The lowest BCUT2D eigenvalue weighted by Crippen LogP contribution is -2.38. The maximum absolute atomic E-state index is 14.0. The van der Waals surface area contributed by atoms with Gasteiger partial charge in [0.25, 0.3) is 0 Å². The van der Waals surface area contributed by atoms with Crippen LogP contribution in [0.1, 0.15) is 5.56 Å². The van der Waals surface area contributed by atoms with E-state index in [4.69, 9.17) is 9.47 Å². The lowest BCUT2D eigenvalue weighted by molar-refractivity contribution is -0.129. The number of carbonyl (C=O) groups excluding carboxylic acids is 1. The van der Waals surface area contributed by atoms with E-state index in [1.54, 1.807) is 18.1 Å². The largest absolute Gasteiger partial charge is 0.383 e. The zero-order valence-corrected chi connectivity index (χ0v) is 19.9. The second-order valence-electron chi connectivity index (χ2n) is 7.78. The predicted molar refractivity (Wildman–Crippen MR) is 129 cm³/mol. The third kappa shape index (κ3) is 6.13. The summed E-state index contributed by atoms with van der Waals surface area (Å²) in [7, 11) is 1.62. The molecule has 1 amide bonds. The number of hydrogen-bond acceptors (Lipinski definition) is 7. The molecule has 2 heterocycles. The van der Waals surface area contributed by atoms with Crippen LogP contribution in [0.25, 0.3) is 5.69 Å². The molecular formula is C24H28FN5O3S. The number of thioether (sulfide) groups is 1. The maximum Gasteiger partial charge on any atom is 0.233 e. The molecule has 10 heteroatoms. The molecule has 0 aliphatic carbocycles. The van der Waals surface area contributed by atoms with Gasteiger partial charge in [-0.2, -0.15) is 0 Å². The highest BCUT2D eigenvalue weighted by Gasteiger charge is 2.23. The van der Waals surface area contributed by atoms with E-state index in [1.165, 1.54) is 23.9 Å². The molecule has 1 aliphatic heterocycles. The fourth-order valence-electron chi connectivity index (χ4n) is 3.68. The number of halogens is 1. The van der Waals surface area contributed by atoms with E-state index in [0.29, 0.717) is 62.8 Å². The molecule has 3 aromatic rings. The second-order valence-corrected chi connectivity index (χ2v) is 8.72. The molecule has 0 atom stereocenters. The average molecular weight is 486 g/mol. The Bertz CT molecular complexity index is 1080. The molecule has 1 aliphatic rings. The molecule has 0 radical (unpaired) electrons. The molecule has 34 heavy (non-hydrogen) atoms. The number of anilines is 1. The Labute approximate surface area is 202 Å². The zero-order chi connectivity index (χ0) is 23.8. The van der Waals surface area contributed by atoms with Crippen molar-refractivity contribution in [2.24, 2.45) is 0 Å². The standard InChI is InChI=1S/C24H28FN5O3S/c1-32-13-10-29(17-19-6-3-2-4-7-19)22(31)18-34-24-27-26-23(28-11-14-33-15-12-28)30(24)21-9-5-8-20(25)16-21/h2-9,16H,10-15,17-18H2,1H3. The van der Waals surface area contributed by atoms with Gasteiger partial charge in [0.2, 0.25) is 11.9 Å². The number of benzene rings is 2. The normalized spacial score (nSPS) is 13.8. The highest BCUT2D eigenvalue weighted by atomic mass is 32.2. The third-order valence-electron chi connectivity index (χ3n) is 5.44. The van der Waals surface area contributed by atoms with Crippen molar-refractivity contribution in [3.05, 3.63) is 66.0 Å². The van der Waals surface area contributed by atoms with Crippen molar-refractivity contribution in [3.8, 4) is 5.69 Å². The predicted octanol–water partition coefficient (Wildman–Crippen LogP) is 3.01. The molecule has 1 saturated heterocycles. The van der Waals surface area contributed by atoms with Crippen LogP contribution in [0, 0.1) is 5.82 Å². The van der Waals surface area contributed by atoms with Gasteiger partial charge >= 0.3 is 0 Å². The molecule has 1 aromatic heterocycles. The topological polar surface area (TPSA) is 72.7 Å². The van der Waals surface area contributed by atoms with Crippen LogP contribution < -0.4 is 4.90 Å². The van der Waals surface area contributed by atoms with Crippen molar-refractivity contribution >= 4 is 23.6 Å². The molecule has 4 rings (SSSR count). The van der Waals surface area contributed by atoms with Crippen LogP contribution in [-0.4, -0.2) is 77.9 Å². The summed E-state index contributed by atoms with van der Waals surface area (Å²) in [5.74, 6) is 0.407. The Balaban J connectivity index is 1.54. The minimum Gasteiger partial charge on any atom is -0.383 e. The molecule has 1 fully saturated rings. The van der Waals surface area contributed by atoms with Crippen molar-refractivity contribution in [1.29, 1.82) is 0 Å². The van der Waals surface area contributed by atoms with Gasteiger partial charge in [-0.25, -0.2) is 4.39 Å². The molecule has 0 saturated carbocycles. The van der Waals surface area contributed by atoms with Gasteiger partial charge in [0.1, 0.15) is 5.82 Å². The number of hydrogen-bond donors (Lipinski definition) is 0. The van der Waals surface area contributed by atoms with E-state index in [9.17, 15) is 9.18 Å². The van der Waals surface area contributed by atoms with E-state index in [2.05, 4.69) is 15.1 Å². The molecule has 0 N–H and O–H groups in total. The van der Waals surface area contributed by atoms with Gasteiger partial charge in [-0.1, -0.05) is 48.2 Å². The summed E-state index contributed by atoms with van der Waals surface area (Å²) >= 11 is 1.29. The first-order valence-corrected chi connectivity index (χ1v) is 12.1. The van der Waals surface area contributed by atoms with Crippen molar-refractivity contribution in [1.82, 2.24) is 19.7 Å². The van der Waals surface area contributed by atoms with E-state index in [0.717, 1.165) is 5.56 Å². The van der Waals surface area contributed by atoms with Crippen LogP contribution in [0.4, 0.5) is 10.3 Å². The smallest absolute Gasteiger partial charge is 0.233 e. The fraction of sp³-hybridized carbons (Fsp3) is 0.375. The van der Waals surface area contributed by atoms with Gasteiger partial charge in [-0.3, -0.25) is 9.36 Å². The number of rotatable bonds is 10. The summed E-state index contributed by atoms with van der Waals surface area (Å²) < 4.78 is 26.5. The monoisotopic (exact) mass is 485 g/mol. The van der Waals surface area contributed by atoms with Gasteiger partial charge in [0, 0.05) is 33.3 Å². The van der Waals surface area contributed by atoms with Crippen LogP contribution >= 0.6 is 11.8 Å². The van der Waals surface area contributed by atoms with Gasteiger partial charge in [-0.05, 0) is 23.8 Å². The molecular weight excluding hydrogens is 457 g/mol. The Morgan fingerprint density at radius 2 is 1.94 bits per heavy atom. The van der Waals surface area contributed by atoms with Crippen LogP contribution in [0.2, 0.25) is 0 Å². The Hall–Kier alpha value is -2.95. The van der Waals surface area contributed by atoms with Gasteiger partial charge in [0.05, 0.1) is 31.3 Å². The number of carbonyl (C=O) groups is 1. The number of methoxy groups -OCH3 is 1. The highest BCUT2D eigenvalue weighted by Crippen LogP contribution is 2.28. The molecule has 8 nitrogen and oxygen atoms in total. The molecule has 180 valence electrons. The minimum absolute atomic E-state index is 0.0346. The number of aromatic nitrogens is 3. The van der Waals surface area contributed by atoms with Gasteiger partial charge in [0.15, 0.2) is 5.16 Å². The number of nitrogens with zero attached hydrogens (tertiary/aromatic N) is 5. The second kappa shape index (κ2) is 12.0. The summed E-state index contributed by atoms with van der Waals surface area (Å²) in [6.45, 7) is 3.94. The molecule has 2 aromatic carbocycles. The number of amides is 1. The number of ether oxygens (including phenoxy) is 2. The fourth-order valence-corrected chi connectivity index (χ4v) is 4.53. The van der Waals surface area contributed by atoms with Gasteiger partial charge < -0.3 is 19.3 Å². The van der Waals surface area contributed by atoms with Crippen LogP contribution in [0.15, 0.2) is 59.8 Å². The average Bonchev–Trinajstić information content (AvgIpc) is 3.30. The van der Waals surface area contributed by atoms with Crippen molar-refractivity contribution < 1.29 is 18.7 Å². The highest BCUT2D eigenvalue weighted by molar-refractivity contribution is 7.99. The van der Waals surface area contributed by atoms with E-state index < -0.39 is 0 Å². The quantitative estimate of drug-likeness (QED) is 0.409. The summed E-state index contributed by atoms with van der Waals surface area (Å²) in [5.41, 5.74) is 1.66. The lowest BCUT2D eigenvalue weighted by atomic mass is 10.2. The maximum atomic E-state index is 14.0. The molecule has 0 spiro atoms. The molecule has 0 bridgehead atoms. The van der Waals surface area contributed by atoms with Crippen molar-refractivity contribution in [2.75, 3.05) is 57.2 Å². The van der Waals surface area contributed by atoms with Crippen LogP contribution in [0.5, 0.6) is 0 Å². The Kier molecular flexibility index (Phi) is 8.51. The van der Waals surface area contributed by atoms with Gasteiger partial charge in [-0.15, -0.1) is 10.2 Å². The SMILES string of the molecule is COCCN(Cc1ccccc1)C(=O)CSc1nnc(N2CCOCC2)n1-c1cccc(F)c1. The molecule has 0 unspecified atom stereocenters. The van der Waals surface area contributed by atoms with E-state index >= 15 is 0 Å². The first kappa shape index (κ1) is 24.2. The summed E-state index contributed by atoms with van der Waals surface area (Å²) in [4.78, 5) is 17.0. The first-order chi connectivity index (χ1) is 16.7. The summed E-state index contributed by atoms with van der Waals surface area (Å²) in [5, 5.41) is 9.27.